The first-order valence-electron chi connectivity index (χ1n) is 9.26. The number of fused-ring (bicyclic) bond motifs is 1. The van der Waals surface area contributed by atoms with Gasteiger partial charge >= 0.3 is 0 Å². The van der Waals surface area contributed by atoms with Gasteiger partial charge in [-0.25, -0.2) is 4.98 Å². The average Bonchev–Trinajstić information content (AvgIpc) is 3.11. The molecule has 0 saturated carbocycles. The number of oxazole rings is 1. The maximum Gasteiger partial charge on any atom is 0.257 e. The Bertz CT molecular complexity index is 871. The first-order chi connectivity index (χ1) is 13.2. The standard InChI is InChI=1S/C21H23N3O2S/c1-16(27-21-22-18-9-5-6-10-19(18)26-21)20(25)24-13-11-23(12-14-24)15-17-7-3-2-4-8-17/h2-10,16H,11-15H2,1H3/t16-/m1/s1. The summed E-state index contributed by atoms with van der Waals surface area (Å²) in [6, 6.07) is 18.1. The summed E-state index contributed by atoms with van der Waals surface area (Å²) in [7, 11) is 0. The predicted octanol–water partition coefficient (Wildman–Crippen LogP) is 3.65. The highest BCUT2D eigenvalue weighted by molar-refractivity contribution is 8.00. The molecule has 2 aromatic carbocycles. The molecular weight excluding hydrogens is 358 g/mol. The molecule has 5 nitrogen and oxygen atoms in total. The Morgan fingerprint density at radius 1 is 1.07 bits per heavy atom. The molecule has 4 rings (SSSR count). The van der Waals surface area contributed by atoms with Crippen LogP contribution in [0, 0.1) is 0 Å². The van der Waals surface area contributed by atoms with Gasteiger partial charge < -0.3 is 9.32 Å². The second-order valence-electron chi connectivity index (χ2n) is 6.79. The number of carbonyl (C=O) groups excluding carboxylic acids is 1. The van der Waals surface area contributed by atoms with E-state index in [0.29, 0.717) is 5.22 Å². The Balaban J connectivity index is 1.30. The van der Waals surface area contributed by atoms with Gasteiger partial charge in [-0.1, -0.05) is 54.2 Å². The van der Waals surface area contributed by atoms with Gasteiger partial charge in [0.05, 0.1) is 5.25 Å². The second kappa shape index (κ2) is 8.15. The number of rotatable bonds is 5. The Morgan fingerprint density at radius 3 is 2.52 bits per heavy atom. The number of benzene rings is 2. The molecule has 1 atom stereocenters. The SMILES string of the molecule is C[C@@H](Sc1nc2ccccc2o1)C(=O)N1CCN(Cc2ccccc2)CC1. The van der Waals surface area contributed by atoms with Crippen LogP contribution in [-0.2, 0) is 11.3 Å². The van der Waals surface area contributed by atoms with Crippen molar-refractivity contribution in [2.45, 2.75) is 23.9 Å². The highest BCUT2D eigenvalue weighted by Gasteiger charge is 2.26. The van der Waals surface area contributed by atoms with Gasteiger partial charge in [-0.05, 0) is 24.6 Å². The predicted molar refractivity (Wildman–Crippen MR) is 108 cm³/mol. The zero-order valence-electron chi connectivity index (χ0n) is 15.4. The quantitative estimate of drug-likeness (QED) is 0.632. The number of para-hydroxylation sites is 2. The van der Waals surface area contributed by atoms with Gasteiger partial charge in [0.2, 0.25) is 5.91 Å². The molecule has 0 unspecified atom stereocenters. The third kappa shape index (κ3) is 4.34. The summed E-state index contributed by atoms with van der Waals surface area (Å²) in [5.74, 6) is 0.154. The Kier molecular flexibility index (Phi) is 5.45. The lowest BCUT2D eigenvalue weighted by Crippen LogP contribution is -2.50. The highest BCUT2D eigenvalue weighted by Crippen LogP contribution is 2.27. The van der Waals surface area contributed by atoms with Crippen molar-refractivity contribution in [1.29, 1.82) is 0 Å². The van der Waals surface area contributed by atoms with Crippen LogP contribution in [0.4, 0.5) is 0 Å². The van der Waals surface area contributed by atoms with E-state index in [4.69, 9.17) is 4.42 Å². The molecule has 140 valence electrons. The van der Waals surface area contributed by atoms with E-state index in [0.717, 1.165) is 43.8 Å². The first kappa shape index (κ1) is 18.1. The van der Waals surface area contributed by atoms with E-state index in [2.05, 4.69) is 34.1 Å². The van der Waals surface area contributed by atoms with Gasteiger partial charge in [0.15, 0.2) is 5.58 Å². The van der Waals surface area contributed by atoms with Crippen molar-refractivity contribution in [2.75, 3.05) is 26.2 Å². The number of carbonyl (C=O) groups is 1. The van der Waals surface area contributed by atoms with E-state index in [1.165, 1.54) is 17.3 Å². The largest absolute Gasteiger partial charge is 0.431 e. The normalized spacial score (nSPS) is 16.6. The van der Waals surface area contributed by atoms with Crippen LogP contribution in [0.5, 0.6) is 0 Å². The zero-order valence-corrected chi connectivity index (χ0v) is 16.2. The van der Waals surface area contributed by atoms with Crippen LogP contribution in [0.1, 0.15) is 12.5 Å². The van der Waals surface area contributed by atoms with Gasteiger partial charge in [-0.15, -0.1) is 0 Å². The van der Waals surface area contributed by atoms with Crippen LogP contribution in [0.25, 0.3) is 11.1 Å². The lowest BCUT2D eigenvalue weighted by molar-refractivity contribution is -0.132. The summed E-state index contributed by atoms with van der Waals surface area (Å²) in [6.45, 7) is 6.21. The fourth-order valence-corrected chi connectivity index (χ4v) is 4.17. The third-order valence-electron chi connectivity index (χ3n) is 4.83. The molecule has 2 heterocycles. The van der Waals surface area contributed by atoms with Crippen molar-refractivity contribution in [3.63, 3.8) is 0 Å². The van der Waals surface area contributed by atoms with E-state index in [9.17, 15) is 4.79 Å². The monoisotopic (exact) mass is 381 g/mol. The van der Waals surface area contributed by atoms with Gasteiger partial charge in [0, 0.05) is 32.7 Å². The van der Waals surface area contributed by atoms with Gasteiger partial charge in [-0.3, -0.25) is 9.69 Å². The number of hydrogen-bond acceptors (Lipinski definition) is 5. The number of hydrogen-bond donors (Lipinski definition) is 0. The van der Waals surface area contributed by atoms with Crippen molar-refractivity contribution >= 4 is 28.8 Å². The van der Waals surface area contributed by atoms with E-state index < -0.39 is 0 Å². The molecule has 0 radical (unpaired) electrons. The fourth-order valence-electron chi connectivity index (χ4n) is 3.33. The van der Waals surface area contributed by atoms with E-state index in [1.54, 1.807) is 0 Å². The topological polar surface area (TPSA) is 49.6 Å². The maximum atomic E-state index is 12.8. The summed E-state index contributed by atoms with van der Waals surface area (Å²) >= 11 is 1.39. The minimum Gasteiger partial charge on any atom is -0.431 e. The molecule has 1 amide bonds. The Morgan fingerprint density at radius 2 is 1.78 bits per heavy atom. The smallest absolute Gasteiger partial charge is 0.257 e. The van der Waals surface area contributed by atoms with E-state index >= 15 is 0 Å². The molecule has 0 N–H and O–H groups in total. The summed E-state index contributed by atoms with van der Waals surface area (Å²) in [5, 5.41) is 0.346. The van der Waals surface area contributed by atoms with Crippen molar-refractivity contribution < 1.29 is 9.21 Å². The number of amides is 1. The molecule has 1 saturated heterocycles. The lowest BCUT2D eigenvalue weighted by Gasteiger charge is -2.35. The fraction of sp³-hybridized carbons (Fsp3) is 0.333. The first-order valence-corrected chi connectivity index (χ1v) is 10.1. The van der Waals surface area contributed by atoms with Crippen LogP contribution in [0.2, 0.25) is 0 Å². The summed E-state index contributed by atoms with van der Waals surface area (Å²) in [5.41, 5.74) is 2.90. The molecule has 0 spiro atoms. The number of piperazine rings is 1. The maximum absolute atomic E-state index is 12.8. The van der Waals surface area contributed by atoms with Gasteiger partial charge in [0.25, 0.3) is 5.22 Å². The number of nitrogens with zero attached hydrogens (tertiary/aromatic N) is 3. The number of aromatic nitrogens is 1. The van der Waals surface area contributed by atoms with Crippen LogP contribution in [0.15, 0.2) is 64.2 Å². The minimum atomic E-state index is -0.210. The molecule has 1 fully saturated rings. The average molecular weight is 382 g/mol. The summed E-state index contributed by atoms with van der Waals surface area (Å²) < 4.78 is 5.73. The van der Waals surface area contributed by atoms with Crippen LogP contribution < -0.4 is 0 Å². The van der Waals surface area contributed by atoms with E-state index in [1.807, 2.05) is 42.2 Å². The van der Waals surface area contributed by atoms with Crippen molar-refractivity contribution in [3.8, 4) is 0 Å². The zero-order chi connectivity index (χ0) is 18.6. The molecule has 6 heteroatoms. The minimum absolute atomic E-state index is 0.154. The third-order valence-corrected chi connectivity index (χ3v) is 5.76. The van der Waals surface area contributed by atoms with Crippen LogP contribution in [0.3, 0.4) is 0 Å². The van der Waals surface area contributed by atoms with Crippen molar-refractivity contribution in [1.82, 2.24) is 14.8 Å². The molecule has 3 aromatic rings. The van der Waals surface area contributed by atoms with Crippen LogP contribution >= 0.6 is 11.8 Å². The molecular formula is C21H23N3O2S. The molecule has 0 aliphatic carbocycles. The van der Waals surface area contributed by atoms with Crippen molar-refractivity contribution in [3.05, 3.63) is 60.2 Å². The Hall–Kier alpha value is -2.31. The second-order valence-corrected chi connectivity index (χ2v) is 8.09. The number of thioether (sulfide) groups is 1. The Labute approximate surface area is 163 Å². The molecule has 1 aliphatic heterocycles. The summed E-state index contributed by atoms with van der Waals surface area (Å²) in [4.78, 5) is 21.6. The van der Waals surface area contributed by atoms with Gasteiger partial charge in [0.1, 0.15) is 5.52 Å². The summed E-state index contributed by atoms with van der Waals surface area (Å²) in [6.07, 6.45) is 0. The molecule has 27 heavy (non-hydrogen) atoms. The van der Waals surface area contributed by atoms with Crippen molar-refractivity contribution in [2.24, 2.45) is 0 Å². The van der Waals surface area contributed by atoms with Crippen LogP contribution in [-0.4, -0.2) is 52.1 Å². The molecule has 0 bridgehead atoms. The van der Waals surface area contributed by atoms with E-state index in [-0.39, 0.29) is 11.2 Å². The lowest BCUT2D eigenvalue weighted by atomic mass is 10.2. The van der Waals surface area contributed by atoms with Gasteiger partial charge in [-0.2, -0.15) is 0 Å². The molecule has 1 aromatic heterocycles. The molecule has 1 aliphatic rings. The highest BCUT2D eigenvalue weighted by atomic mass is 32.2.